The van der Waals surface area contributed by atoms with Crippen molar-refractivity contribution in [2.45, 2.75) is 13.2 Å². The molecule has 0 fully saturated rings. The molecule has 0 atom stereocenters. The van der Waals surface area contributed by atoms with E-state index < -0.39 is 11.8 Å². The topological polar surface area (TPSA) is 93.3 Å². The van der Waals surface area contributed by atoms with E-state index in [1.165, 1.54) is 12.1 Å². The number of aromatic nitrogens is 3. The van der Waals surface area contributed by atoms with Crippen LogP contribution in [-0.4, -0.2) is 28.1 Å². The van der Waals surface area contributed by atoms with Crippen molar-refractivity contribution in [1.82, 2.24) is 14.5 Å². The number of nitrogens with zero attached hydrogens (tertiary/aromatic N) is 5. The molecule has 0 N–H and O–H groups in total. The van der Waals surface area contributed by atoms with Crippen LogP contribution in [-0.2, 0) is 13.2 Å². The van der Waals surface area contributed by atoms with Gasteiger partial charge in [0.25, 0.3) is 0 Å². The molecule has 0 saturated heterocycles. The molecule has 2 aromatic heterocycles. The lowest BCUT2D eigenvalue weighted by Crippen LogP contribution is -2.22. The third-order valence-electron chi connectivity index (χ3n) is 4.57. The van der Waals surface area contributed by atoms with E-state index in [1.54, 1.807) is 16.7 Å². The maximum absolute atomic E-state index is 13.3. The third kappa shape index (κ3) is 3.77. The van der Waals surface area contributed by atoms with Gasteiger partial charge >= 0.3 is 5.69 Å². The van der Waals surface area contributed by atoms with Crippen LogP contribution in [0.25, 0.3) is 0 Å². The van der Waals surface area contributed by atoms with Crippen LogP contribution in [0.4, 0.5) is 14.6 Å². The maximum Gasteiger partial charge on any atom is 0.352 e. The van der Waals surface area contributed by atoms with Crippen molar-refractivity contribution >= 4 is 5.82 Å². The summed E-state index contributed by atoms with van der Waals surface area (Å²) in [5.41, 5.74) is 0.425. The van der Waals surface area contributed by atoms with E-state index >= 15 is 0 Å². The summed E-state index contributed by atoms with van der Waals surface area (Å²) in [6, 6.07) is 9.21. The second kappa shape index (κ2) is 7.79. The summed E-state index contributed by atoms with van der Waals surface area (Å²) in [4.78, 5) is 21.2. The Balaban J connectivity index is 1.50. The number of halogens is 2. The first kappa shape index (κ1) is 19.3. The van der Waals surface area contributed by atoms with Crippen molar-refractivity contribution in [3.8, 4) is 23.4 Å². The minimum atomic E-state index is -1.23. The highest BCUT2D eigenvalue weighted by atomic mass is 19.2. The maximum atomic E-state index is 13.3. The standard InChI is InChI=1S/C20H15F2N5O3/c1-26-4-5-27-18(26)8-17(25-20(27)28)29-11-12-2-3-16(13(6-12)9-23)30-14-7-15(21)19(22)24-10-14/h2-3,6-8,10H,4-5,11H2,1H3. The lowest BCUT2D eigenvalue weighted by atomic mass is 10.1. The van der Waals surface area contributed by atoms with Crippen LogP contribution >= 0.6 is 0 Å². The number of hydrogen-bond acceptors (Lipinski definition) is 7. The van der Waals surface area contributed by atoms with Gasteiger partial charge in [-0.1, -0.05) is 6.07 Å². The van der Waals surface area contributed by atoms with Crippen LogP contribution in [0.15, 0.2) is 41.3 Å². The molecular weight excluding hydrogens is 396 g/mol. The molecule has 0 unspecified atom stereocenters. The Hall–Kier alpha value is -4.00. The number of nitriles is 1. The molecule has 10 heteroatoms. The first-order chi connectivity index (χ1) is 14.4. The zero-order chi connectivity index (χ0) is 21.3. The molecule has 0 amide bonds. The lowest BCUT2D eigenvalue weighted by Gasteiger charge is -2.13. The van der Waals surface area contributed by atoms with Gasteiger partial charge in [0, 0.05) is 32.3 Å². The molecule has 0 bridgehead atoms. The van der Waals surface area contributed by atoms with Crippen molar-refractivity contribution in [3.63, 3.8) is 0 Å². The fraction of sp³-hybridized carbons (Fsp3) is 0.200. The number of fused-ring (bicyclic) bond motifs is 1. The molecule has 0 radical (unpaired) electrons. The average Bonchev–Trinajstić information content (AvgIpc) is 3.11. The molecule has 3 aromatic rings. The summed E-state index contributed by atoms with van der Waals surface area (Å²) in [6.45, 7) is 1.38. The van der Waals surface area contributed by atoms with Crippen LogP contribution < -0.4 is 20.1 Å². The first-order valence-corrected chi connectivity index (χ1v) is 8.92. The molecule has 1 aliphatic heterocycles. The third-order valence-corrected chi connectivity index (χ3v) is 4.57. The fourth-order valence-corrected chi connectivity index (χ4v) is 3.03. The van der Waals surface area contributed by atoms with Crippen LogP contribution in [0.2, 0.25) is 0 Å². The van der Waals surface area contributed by atoms with E-state index in [0.29, 0.717) is 12.1 Å². The zero-order valence-electron chi connectivity index (χ0n) is 15.8. The second-order valence-electron chi connectivity index (χ2n) is 6.59. The molecule has 3 heterocycles. The van der Waals surface area contributed by atoms with Gasteiger partial charge in [-0.25, -0.2) is 14.2 Å². The number of rotatable bonds is 5. The Morgan fingerprint density at radius 2 is 2.07 bits per heavy atom. The summed E-state index contributed by atoms with van der Waals surface area (Å²) in [6.07, 6.45) is 1.02. The smallest absolute Gasteiger partial charge is 0.352 e. The van der Waals surface area contributed by atoms with Gasteiger partial charge in [0.1, 0.15) is 30.0 Å². The highest BCUT2D eigenvalue weighted by Gasteiger charge is 2.19. The second-order valence-corrected chi connectivity index (χ2v) is 6.59. The van der Waals surface area contributed by atoms with Gasteiger partial charge in [-0.3, -0.25) is 4.57 Å². The van der Waals surface area contributed by atoms with Crippen molar-refractivity contribution < 1.29 is 18.3 Å². The monoisotopic (exact) mass is 411 g/mol. The number of likely N-dealkylation sites (N-methyl/N-ethyl adjacent to an activating group) is 1. The minimum absolute atomic E-state index is 0.0404. The predicted octanol–water partition coefficient (Wildman–Crippen LogP) is 2.61. The van der Waals surface area contributed by atoms with E-state index in [4.69, 9.17) is 9.47 Å². The molecule has 4 rings (SSSR count). The van der Waals surface area contributed by atoms with E-state index in [2.05, 4.69) is 9.97 Å². The van der Waals surface area contributed by atoms with Crippen molar-refractivity contribution in [2.24, 2.45) is 0 Å². The van der Waals surface area contributed by atoms with Crippen LogP contribution in [0.1, 0.15) is 11.1 Å². The summed E-state index contributed by atoms with van der Waals surface area (Å²) in [5, 5.41) is 9.39. The summed E-state index contributed by atoms with van der Waals surface area (Å²) in [7, 11) is 1.88. The number of hydrogen-bond donors (Lipinski definition) is 0. The van der Waals surface area contributed by atoms with E-state index in [-0.39, 0.29) is 35.2 Å². The van der Waals surface area contributed by atoms with Gasteiger partial charge in [0.05, 0.1) is 11.8 Å². The minimum Gasteiger partial charge on any atom is -0.473 e. The van der Waals surface area contributed by atoms with E-state index in [9.17, 15) is 18.8 Å². The van der Waals surface area contributed by atoms with Gasteiger partial charge < -0.3 is 14.4 Å². The largest absolute Gasteiger partial charge is 0.473 e. The summed E-state index contributed by atoms with van der Waals surface area (Å²) < 4.78 is 38.9. The number of pyridine rings is 1. The molecular formula is C20H15F2N5O3. The molecule has 152 valence electrons. The fourth-order valence-electron chi connectivity index (χ4n) is 3.03. The molecule has 1 aromatic carbocycles. The first-order valence-electron chi connectivity index (χ1n) is 8.92. The van der Waals surface area contributed by atoms with Crippen molar-refractivity contribution in [2.75, 3.05) is 18.5 Å². The van der Waals surface area contributed by atoms with E-state index in [1.807, 2.05) is 18.0 Å². The highest BCUT2D eigenvalue weighted by molar-refractivity contribution is 5.47. The molecule has 0 aliphatic carbocycles. The van der Waals surface area contributed by atoms with Gasteiger partial charge in [-0.2, -0.15) is 14.6 Å². The molecule has 1 aliphatic rings. The van der Waals surface area contributed by atoms with Gasteiger partial charge in [0.2, 0.25) is 11.8 Å². The Bertz CT molecular complexity index is 1220. The summed E-state index contributed by atoms with van der Waals surface area (Å²) >= 11 is 0. The zero-order valence-corrected chi connectivity index (χ0v) is 15.8. The Morgan fingerprint density at radius 1 is 1.23 bits per heavy atom. The van der Waals surface area contributed by atoms with E-state index in [0.717, 1.165) is 24.6 Å². The average molecular weight is 411 g/mol. The molecule has 0 saturated carbocycles. The van der Waals surface area contributed by atoms with Crippen LogP contribution in [0.3, 0.4) is 0 Å². The molecule has 30 heavy (non-hydrogen) atoms. The highest BCUT2D eigenvalue weighted by Crippen LogP contribution is 2.27. The lowest BCUT2D eigenvalue weighted by molar-refractivity contribution is 0.291. The number of benzene rings is 1. The van der Waals surface area contributed by atoms with Crippen molar-refractivity contribution in [1.29, 1.82) is 5.26 Å². The SMILES string of the molecule is CN1CCn2c1cc(OCc1ccc(Oc3cnc(F)c(F)c3)c(C#N)c1)nc2=O. The summed E-state index contributed by atoms with van der Waals surface area (Å²) in [5.74, 6) is -1.36. The Labute approximate surface area is 169 Å². The molecule has 0 spiro atoms. The van der Waals surface area contributed by atoms with Crippen molar-refractivity contribution in [3.05, 3.63) is 69.9 Å². The van der Waals surface area contributed by atoms with Crippen LogP contribution in [0.5, 0.6) is 17.4 Å². The number of ether oxygens (including phenoxy) is 2. The van der Waals surface area contributed by atoms with Gasteiger partial charge in [-0.05, 0) is 17.7 Å². The van der Waals surface area contributed by atoms with Crippen LogP contribution in [0, 0.1) is 23.1 Å². The normalized spacial score (nSPS) is 12.4. The van der Waals surface area contributed by atoms with Gasteiger partial charge in [0.15, 0.2) is 5.82 Å². The Morgan fingerprint density at radius 3 is 2.83 bits per heavy atom. The molecule has 8 nitrogen and oxygen atoms in total. The quantitative estimate of drug-likeness (QED) is 0.596. The number of anilines is 1. The van der Waals surface area contributed by atoms with Gasteiger partial charge in [-0.15, -0.1) is 0 Å². The Kier molecular flexibility index (Phi) is 5.02. The predicted molar refractivity (Wildman–Crippen MR) is 101 cm³/mol.